The number of ether oxygens (including phenoxy) is 2. The number of unbranched alkanes of at least 4 members (excludes halogenated alkanes) is 17. The fraction of sp³-hybridized carbons (Fsp3) is 0.600. The zero-order valence-corrected chi connectivity index (χ0v) is 30.6. The summed E-state index contributed by atoms with van der Waals surface area (Å²) in [6.07, 6.45) is 32.5. The highest BCUT2D eigenvalue weighted by Gasteiger charge is 2.46. The van der Waals surface area contributed by atoms with Crippen LogP contribution in [0.1, 0.15) is 136 Å². The molecule has 0 fully saturated rings. The van der Waals surface area contributed by atoms with Crippen molar-refractivity contribution in [3.05, 3.63) is 72.6 Å². The van der Waals surface area contributed by atoms with Crippen LogP contribution in [0.5, 0.6) is 11.5 Å². The first-order valence-corrected chi connectivity index (χ1v) is 18.3. The third-order valence-electron chi connectivity index (χ3n) is 9.54. The number of hydrogen-bond acceptors (Lipinski definition) is 3. The Balaban J connectivity index is 0.00000552. The Kier molecular flexibility index (Phi) is 18.1. The Morgan fingerprint density at radius 2 is 1.11 bits per heavy atom. The van der Waals surface area contributed by atoms with Crippen LogP contribution in [0.25, 0.3) is 0 Å². The smallest absolute Gasteiger partial charge is 0.258 e. The molecule has 1 N–H and O–H groups in total. The van der Waals surface area contributed by atoms with Crippen molar-refractivity contribution in [2.75, 3.05) is 18.4 Å². The summed E-state index contributed by atoms with van der Waals surface area (Å²) in [5.41, 5.74) is 2.37. The fourth-order valence-electron chi connectivity index (χ4n) is 6.94. The summed E-state index contributed by atoms with van der Waals surface area (Å²) >= 11 is 0. The molecule has 2 unspecified atom stereocenters. The Labute approximate surface area is 292 Å². The first-order valence-electron chi connectivity index (χ1n) is 18.3. The van der Waals surface area contributed by atoms with E-state index in [1.807, 2.05) is 30.3 Å². The highest BCUT2D eigenvalue weighted by molar-refractivity contribution is 5.64. The van der Waals surface area contributed by atoms with Crippen molar-refractivity contribution in [3.63, 3.8) is 0 Å². The predicted molar refractivity (Wildman–Crippen MR) is 189 cm³/mol. The third kappa shape index (κ3) is 12.0. The fourth-order valence-corrected chi connectivity index (χ4v) is 6.94. The summed E-state index contributed by atoms with van der Waals surface area (Å²) in [6, 6.07) is 16.8. The first kappa shape index (κ1) is 37.5. The number of hydrogen-bond donors (Lipinski definition) is 1. The molecule has 0 radical (unpaired) electrons. The molecular weight excluding hydrogens is 667 g/mol. The zero-order chi connectivity index (χ0) is 30.7. The molecule has 0 spiro atoms. The van der Waals surface area contributed by atoms with Crippen molar-refractivity contribution in [3.8, 4) is 11.5 Å². The van der Waals surface area contributed by atoms with Gasteiger partial charge >= 0.3 is 0 Å². The van der Waals surface area contributed by atoms with Crippen LogP contribution in [0.3, 0.4) is 0 Å². The molecular formula is C40H61IN2O2. The number of fused-ring (bicyclic) bond motifs is 2. The monoisotopic (exact) mass is 728 g/mol. The maximum Gasteiger partial charge on any atom is 0.258 e. The summed E-state index contributed by atoms with van der Waals surface area (Å²) in [7, 11) is 0. The molecule has 0 aromatic heterocycles. The number of halogens is 1. The van der Waals surface area contributed by atoms with E-state index in [4.69, 9.17) is 9.47 Å². The van der Waals surface area contributed by atoms with Crippen molar-refractivity contribution in [1.29, 1.82) is 0 Å². The molecule has 0 aliphatic carbocycles. The summed E-state index contributed by atoms with van der Waals surface area (Å²) in [4.78, 5) is 0. The Morgan fingerprint density at radius 3 is 1.71 bits per heavy atom. The van der Waals surface area contributed by atoms with Gasteiger partial charge in [-0.1, -0.05) is 141 Å². The summed E-state index contributed by atoms with van der Waals surface area (Å²) < 4.78 is 13.5. The Hall–Kier alpha value is -1.99. The lowest BCUT2D eigenvalue weighted by Crippen LogP contribution is -3.00. The van der Waals surface area contributed by atoms with Gasteiger partial charge in [0, 0.05) is 12.1 Å². The zero-order valence-electron chi connectivity index (χ0n) is 28.4. The van der Waals surface area contributed by atoms with Crippen molar-refractivity contribution >= 4 is 11.4 Å². The number of benzene rings is 2. The molecule has 4 rings (SSSR count). The van der Waals surface area contributed by atoms with Gasteiger partial charge in [-0.15, -0.1) is 0 Å². The van der Waals surface area contributed by atoms with Gasteiger partial charge in [0.1, 0.15) is 0 Å². The topological polar surface area (TPSA) is 30.5 Å². The van der Waals surface area contributed by atoms with Gasteiger partial charge in [-0.25, -0.2) is 4.48 Å². The van der Waals surface area contributed by atoms with Gasteiger partial charge in [-0.2, -0.15) is 0 Å². The molecule has 2 aromatic carbocycles. The maximum absolute atomic E-state index is 6.65. The molecule has 0 amide bonds. The van der Waals surface area contributed by atoms with Gasteiger partial charge in [-0.05, 0) is 50.0 Å². The normalized spacial score (nSPS) is 19.2. The lowest BCUT2D eigenvalue weighted by atomic mass is 10.0. The van der Waals surface area contributed by atoms with E-state index in [2.05, 4.69) is 55.6 Å². The van der Waals surface area contributed by atoms with Crippen LogP contribution in [0.2, 0.25) is 0 Å². The minimum atomic E-state index is -0.0128. The van der Waals surface area contributed by atoms with Crippen LogP contribution < -0.4 is 43.3 Å². The van der Waals surface area contributed by atoms with Crippen molar-refractivity contribution in [1.82, 2.24) is 4.48 Å². The molecule has 0 saturated carbocycles. The standard InChI is InChI=1S/C40H61N2O2.HI/c1-3-5-7-8-9-10-11-12-13-14-15-16-17-18-19-25-34-42(33-24-6-4-2)36-28-21-23-30-38(36)44-40(42)32-26-31-39-41-35-27-20-22-29-37(35)43-39;/h20-23,26-32,40-41H,3-19,24-25,33-34H2,1-2H3;1H/q+1;/p-1. The van der Waals surface area contributed by atoms with Crippen LogP contribution in [-0.2, 0) is 0 Å². The number of nitrogens with zero attached hydrogens (tertiary/aromatic N) is 1. The Bertz CT molecular complexity index is 1120. The molecule has 0 bridgehead atoms. The second-order valence-corrected chi connectivity index (χ2v) is 13.1. The minimum absolute atomic E-state index is 0. The average Bonchev–Trinajstić information content (AvgIpc) is 3.60. The van der Waals surface area contributed by atoms with E-state index in [0.29, 0.717) is 0 Å². The summed E-state index contributed by atoms with van der Waals surface area (Å²) in [5.74, 6) is 2.69. The van der Waals surface area contributed by atoms with E-state index in [-0.39, 0.29) is 30.2 Å². The van der Waals surface area contributed by atoms with Crippen LogP contribution in [0.15, 0.2) is 72.6 Å². The largest absolute Gasteiger partial charge is 1.00 e. The number of rotatable bonds is 23. The molecule has 4 nitrogen and oxygen atoms in total. The SMILES string of the molecule is CCCCCCCCCCCCCCCCCC[N+]1(CCCCC)c2ccccc2OC1C=CC=C1Nc2ccccc2O1.[I-]. The van der Waals surface area contributed by atoms with Gasteiger partial charge in [0.15, 0.2) is 23.1 Å². The minimum Gasteiger partial charge on any atom is -1.00 e. The molecule has 250 valence electrons. The molecule has 2 aromatic rings. The van der Waals surface area contributed by atoms with Gasteiger partial charge < -0.3 is 38.8 Å². The van der Waals surface area contributed by atoms with Gasteiger partial charge in [-0.3, -0.25) is 0 Å². The van der Waals surface area contributed by atoms with Crippen molar-refractivity contribution in [2.24, 2.45) is 0 Å². The molecule has 2 atom stereocenters. The van der Waals surface area contributed by atoms with Crippen LogP contribution in [0.4, 0.5) is 11.4 Å². The van der Waals surface area contributed by atoms with Crippen molar-refractivity contribution in [2.45, 2.75) is 142 Å². The average molecular weight is 729 g/mol. The first-order chi connectivity index (χ1) is 21.8. The predicted octanol–water partition coefficient (Wildman–Crippen LogP) is 9.07. The Morgan fingerprint density at radius 1 is 0.622 bits per heavy atom. The van der Waals surface area contributed by atoms with E-state index >= 15 is 0 Å². The maximum atomic E-state index is 6.65. The van der Waals surface area contributed by atoms with E-state index < -0.39 is 0 Å². The van der Waals surface area contributed by atoms with Crippen LogP contribution in [0, 0.1) is 0 Å². The summed E-state index contributed by atoms with van der Waals surface area (Å²) in [6.45, 7) is 6.85. The lowest BCUT2D eigenvalue weighted by Gasteiger charge is -2.37. The van der Waals surface area contributed by atoms with Gasteiger partial charge in [0.25, 0.3) is 6.23 Å². The van der Waals surface area contributed by atoms with E-state index in [9.17, 15) is 0 Å². The number of quaternary nitrogens is 1. The van der Waals surface area contributed by atoms with Crippen LogP contribution in [-0.4, -0.2) is 19.3 Å². The highest BCUT2D eigenvalue weighted by atomic mass is 127. The number of allylic oxidation sites excluding steroid dienone is 2. The number of anilines is 1. The molecule has 5 heteroatoms. The second-order valence-electron chi connectivity index (χ2n) is 13.1. The highest BCUT2D eigenvalue weighted by Crippen LogP contribution is 2.44. The summed E-state index contributed by atoms with van der Waals surface area (Å²) in [5, 5.41) is 3.37. The quantitative estimate of drug-likeness (QED) is 0.0704. The van der Waals surface area contributed by atoms with E-state index in [0.717, 1.165) is 40.6 Å². The third-order valence-corrected chi connectivity index (χ3v) is 9.54. The van der Waals surface area contributed by atoms with Crippen molar-refractivity contribution < 1.29 is 33.5 Å². The van der Waals surface area contributed by atoms with Gasteiger partial charge in [0.2, 0.25) is 0 Å². The van der Waals surface area contributed by atoms with E-state index in [1.165, 1.54) is 128 Å². The molecule has 2 aliphatic heterocycles. The second kappa shape index (κ2) is 21.7. The van der Waals surface area contributed by atoms with Crippen LogP contribution >= 0.6 is 0 Å². The number of para-hydroxylation sites is 4. The number of nitrogens with one attached hydrogen (secondary N) is 1. The molecule has 2 heterocycles. The lowest BCUT2D eigenvalue weighted by molar-refractivity contribution is -0.0000103. The van der Waals surface area contributed by atoms with E-state index in [1.54, 1.807) is 0 Å². The molecule has 2 aliphatic rings. The molecule has 45 heavy (non-hydrogen) atoms. The molecule has 0 saturated heterocycles. The van der Waals surface area contributed by atoms with Gasteiger partial charge in [0.05, 0.1) is 18.8 Å².